The first kappa shape index (κ1) is 17.8. The highest BCUT2D eigenvalue weighted by atomic mass is 35.5. The van der Waals surface area contributed by atoms with Gasteiger partial charge in [-0.15, -0.1) is 12.4 Å². The maximum atomic E-state index is 10.2. The molecule has 6 N–H and O–H groups in total. The number of nitro benzene ring substituents is 1. The molecular formula is C12H14Cl2N4O2. The number of rotatable bonds is 1. The van der Waals surface area contributed by atoms with Crippen LogP contribution in [0.2, 0.25) is 5.02 Å². The van der Waals surface area contributed by atoms with Crippen LogP contribution in [0.4, 0.5) is 22.7 Å². The molecule has 0 bridgehead atoms. The minimum Gasteiger partial charge on any atom is -0.397 e. The Bertz CT molecular complexity index is 572. The predicted molar refractivity (Wildman–Crippen MR) is 85.0 cm³/mol. The normalized spacial score (nSPS) is 8.85. The molecule has 6 nitrogen and oxygen atoms in total. The second kappa shape index (κ2) is 8.08. The van der Waals surface area contributed by atoms with Crippen LogP contribution in [0, 0.1) is 10.1 Å². The predicted octanol–water partition coefficient (Wildman–Crippen LogP) is 3.10. The molecule has 0 saturated heterocycles. The number of benzene rings is 2. The Hall–Kier alpha value is -2.18. The second-order valence-corrected chi connectivity index (χ2v) is 4.03. The maximum absolute atomic E-state index is 10.2. The molecule has 0 fully saturated rings. The summed E-state index contributed by atoms with van der Waals surface area (Å²) in [5, 5.41) is 10.6. The molecule has 2 rings (SSSR count). The van der Waals surface area contributed by atoms with Gasteiger partial charge in [0.25, 0.3) is 5.69 Å². The average molecular weight is 317 g/mol. The summed E-state index contributed by atoms with van der Waals surface area (Å²) in [6, 6.07) is 11.4. The van der Waals surface area contributed by atoms with Gasteiger partial charge in [0.05, 0.1) is 16.3 Å². The van der Waals surface area contributed by atoms with Crippen LogP contribution < -0.4 is 17.2 Å². The van der Waals surface area contributed by atoms with E-state index in [0.29, 0.717) is 16.4 Å². The SMILES string of the molecule is Cl.Nc1ccc(Cl)cc1[N+](=O)[O-].Nc1ccccc1N. The molecule has 8 heteroatoms. The highest BCUT2D eigenvalue weighted by Gasteiger charge is 2.10. The van der Waals surface area contributed by atoms with E-state index in [1.54, 1.807) is 12.1 Å². The van der Waals surface area contributed by atoms with Gasteiger partial charge in [-0.05, 0) is 24.3 Å². The highest BCUT2D eigenvalue weighted by molar-refractivity contribution is 6.30. The van der Waals surface area contributed by atoms with E-state index in [9.17, 15) is 10.1 Å². The van der Waals surface area contributed by atoms with Crippen LogP contribution >= 0.6 is 24.0 Å². The Kier molecular flexibility index (Phi) is 7.20. The first-order valence-corrected chi connectivity index (χ1v) is 5.59. The third-order valence-corrected chi connectivity index (χ3v) is 2.42. The van der Waals surface area contributed by atoms with E-state index in [0.717, 1.165) is 0 Å². The largest absolute Gasteiger partial charge is 0.397 e. The summed E-state index contributed by atoms with van der Waals surface area (Å²) in [6.07, 6.45) is 0. The van der Waals surface area contributed by atoms with E-state index < -0.39 is 4.92 Å². The smallest absolute Gasteiger partial charge is 0.293 e. The third-order valence-electron chi connectivity index (χ3n) is 2.19. The Balaban J connectivity index is 0.000000359. The van der Waals surface area contributed by atoms with Crippen molar-refractivity contribution in [2.45, 2.75) is 0 Å². The summed E-state index contributed by atoms with van der Waals surface area (Å²) in [7, 11) is 0. The number of nitrogens with two attached hydrogens (primary N) is 3. The van der Waals surface area contributed by atoms with Gasteiger partial charge in [-0.25, -0.2) is 0 Å². The molecule has 20 heavy (non-hydrogen) atoms. The van der Waals surface area contributed by atoms with Gasteiger partial charge in [-0.3, -0.25) is 10.1 Å². The first-order chi connectivity index (χ1) is 8.91. The van der Waals surface area contributed by atoms with Crippen molar-refractivity contribution in [2.24, 2.45) is 0 Å². The lowest BCUT2D eigenvalue weighted by atomic mass is 10.3. The molecule has 2 aromatic rings. The topological polar surface area (TPSA) is 121 Å². The molecular weight excluding hydrogens is 303 g/mol. The van der Waals surface area contributed by atoms with Gasteiger partial charge in [0.2, 0.25) is 0 Å². The zero-order chi connectivity index (χ0) is 14.4. The van der Waals surface area contributed by atoms with Crippen LogP contribution in [0.5, 0.6) is 0 Å². The molecule has 0 amide bonds. The van der Waals surface area contributed by atoms with Crippen molar-refractivity contribution in [3.8, 4) is 0 Å². The van der Waals surface area contributed by atoms with Crippen molar-refractivity contribution in [3.05, 3.63) is 57.6 Å². The van der Waals surface area contributed by atoms with Crippen LogP contribution in [0.25, 0.3) is 0 Å². The molecule has 0 aliphatic rings. The molecule has 0 atom stereocenters. The summed E-state index contributed by atoms with van der Waals surface area (Å²) in [6.45, 7) is 0. The summed E-state index contributed by atoms with van der Waals surface area (Å²) in [4.78, 5) is 9.67. The molecule has 0 heterocycles. The Morgan fingerprint density at radius 2 is 1.45 bits per heavy atom. The van der Waals surface area contributed by atoms with Crippen LogP contribution in [0.3, 0.4) is 0 Å². The quantitative estimate of drug-likeness (QED) is 0.424. The lowest BCUT2D eigenvalue weighted by Crippen LogP contribution is -1.94. The number of halogens is 2. The van der Waals surface area contributed by atoms with Gasteiger partial charge >= 0.3 is 0 Å². The van der Waals surface area contributed by atoms with E-state index in [1.807, 2.05) is 12.1 Å². The summed E-state index contributed by atoms with van der Waals surface area (Å²) >= 11 is 5.50. The fourth-order valence-corrected chi connectivity index (χ4v) is 1.35. The van der Waals surface area contributed by atoms with Crippen molar-refractivity contribution < 1.29 is 4.92 Å². The molecule has 0 aliphatic heterocycles. The number of hydrogen-bond donors (Lipinski definition) is 3. The lowest BCUT2D eigenvalue weighted by molar-refractivity contribution is -0.383. The minimum absolute atomic E-state index is 0. The Morgan fingerprint density at radius 3 is 1.80 bits per heavy atom. The molecule has 0 aromatic heterocycles. The van der Waals surface area contributed by atoms with Gasteiger partial charge in [0.1, 0.15) is 5.69 Å². The molecule has 2 aromatic carbocycles. The number of anilines is 3. The van der Waals surface area contributed by atoms with Crippen LogP contribution in [0.1, 0.15) is 0 Å². The monoisotopic (exact) mass is 316 g/mol. The average Bonchev–Trinajstić information content (AvgIpc) is 2.36. The molecule has 0 aliphatic carbocycles. The molecule has 0 unspecified atom stereocenters. The maximum Gasteiger partial charge on any atom is 0.293 e. The zero-order valence-electron chi connectivity index (χ0n) is 10.3. The van der Waals surface area contributed by atoms with Crippen molar-refractivity contribution in [1.29, 1.82) is 0 Å². The number of nitrogen functional groups attached to an aromatic ring is 3. The van der Waals surface area contributed by atoms with Crippen LogP contribution in [-0.4, -0.2) is 4.92 Å². The van der Waals surface area contributed by atoms with Gasteiger partial charge in [0.15, 0.2) is 0 Å². The van der Waals surface area contributed by atoms with E-state index >= 15 is 0 Å². The van der Waals surface area contributed by atoms with Gasteiger partial charge in [-0.1, -0.05) is 23.7 Å². The standard InChI is InChI=1S/C6H5ClN2O2.C6H8N2.ClH/c7-4-1-2-5(8)6(3-4)9(10)11;7-5-3-1-2-4-6(5)8;/h1-3H,8H2;1-4H,7-8H2;1H. The van der Waals surface area contributed by atoms with Crippen molar-refractivity contribution >= 4 is 46.8 Å². The van der Waals surface area contributed by atoms with Gasteiger partial charge < -0.3 is 17.2 Å². The fourth-order valence-electron chi connectivity index (χ4n) is 1.19. The highest BCUT2D eigenvalue weighted by Crippen LogP contribution is 2.24. The Labute approximate surface area is 127 Å². The van der Waals surface area contributed by atoms with E-state index in [2.05, 4.69) is 0 Å². The van der Waals surface area contributed by atoms with Crippen molar-refractivity contribution in [2.75, 3.05) is 17.2 Å². The van der Waals surface area contributed by atoms with Crippen molar-refractivity contribution in [1.82, 2.24) is 0 Å². The van der Waals surface area contributed by atoms with Crippen LogP contribution in [-0.2, 0) is 0 Å². The molecule has 0 saturated carbocycles. The van der Waals surface area contributed by atoms with Crippen LogP contribution in [0.15, 0.2) is 42.5 Å². The first-order valence-electron chi connectivity index (χ1n) is 5.21. The molecule has 108 valence electrons. The van der Waals surface area contributed by atoms with E-state index in [4.69, 9.17) is 28.8 Å². The third kappa shape index (κ3) is 5.21. The zero-order valence-corrected chi connectivity index (χ0v) is 11.9. The summed E-state index contributed by atoms with van der Waals surface area (Å²) < 4.78 is 0. The van der Waals surface area contributed by atoms with Crippen molar-refractivity contribution in [3.63, 3.8) is 0 Å². The second-order valence-electron chi connectivity index (χ2n) is 3.59. The number of para-hydroxylation sites is 2. The summed E-state index contributed by atoms with van der Waals surface area (Å²) in [5.41, 5.74) is 17.3. The lowest BCUT2D eigenvalue weighted by Gasteiger charge is -1.95. The number of nitro groups is 1. The molecule has 0 radical (unpaired) electrons. The Morgan fingerprint density at radius 1 is 0.950 bits per heavy atom. The molecule has 0 spiro atoms. The fraction of sp³-hybridized carbons (Fsp3) is 0. The minimum atomic E-state index is -0.568. The number of nitrogens with zero attached hydrogens (tertiary/aromatic N) is 1. The van der Waals surface area contributed by atoms with Gasteiger partial charge in [-0.2, -0.15) is 0 Å². The van der Waals surface area contributed by atoms with E-state index in [1.165, 1.54) is 18.2 Å². The summed E-state index contributed by atoms with van der Waals surface area (Å²) in [5.74, 6) is 0. The van der Waals surface area contributed by atoms with Gasteiger partial charge in [0, 0.05) is 11.1 Å². The van der Waals surface area contributed by atoms with E-state index in [-0.39, 0.29) is 23.8 Å². The number of hydrogen-bond acceptors (Lipinski definition) is 5.